The Morgan fingerprint density at radius 2 is 1.72 bits per heavy atom. The highest BCUT2D eigenvalue weighted by molar-refractivity contribution is 7.14. The molecule has 2 fully saturated rings. The molecule has 1 aromatic rings. The van der Waals surface area contributed by atoms with Gasteiger partial charge < -0.3 is 45.0 Å². The number of carboxylic acids is 1. The second-order valence-electron chi connectivity index (χ2n) is 12.9. The lowest BCUT2D eigenvalue weighted by Crippen LogP contribution is -2.72. The largest absolute Gasteiger partial charge is 0.478 e. The SMILES string of the molecule is CC(C)(C)OC(=O)NC[C@H]1CN(C[C@@H]2NC(=O)[C@H]2NC(=O)C(=NOC(C)(C)C(=O)O)c2csc(NC(=O)OC(C)(C)C)n2)C(=O)O1. The zero-order valence-corrected chi connectivity index (χ0v) is 27.5. The number of ether oxygens (including phenoxy) is 3. The number of carbonyl (C=O) groups excluding carboxylic acids is 5. The molecule has 3 heterocycles. The van der Waals surface area contributed by atoms with E-state index in [-0.39, 0.29) is 30.5 Å². The summed E-state index contributed by atoms with van der Waals surface area (Å²) < 4.78 is 15.7. The fourth-order valence-corrected chi connectivity index (χ4v) is 4.46. The number of aliphatic carboxylic acids is 1. The number of nitrogens with one attached hydrogen (secondary N) is 4. The number of aromatic nitrogens is 1. The van der Waals surface area contributed by atoms with Crippen molar-refractivity contribution >= 4 is 58.2 Å². The van der Waals surface area contributed by atoms with Gasteiger partial charge in [-0.3, -0.25) is 14.9 Å². The molecule has 0 spiro atoms. The van der Waals surface area contributed by atoms with Gasteiger partial charge >= 0.3 is 24.2 Å². The average Bonchev–Trinajstić information content (AvgIpc) is 3.49. The predicted molar refractivity (Wildman–Crippen MR) is 161 cm³/mol. The highest BCUT2D eigenvalue weighted by Gasteiger charge is 2.45. The van der Waals surface area contributed by atoms with Gasteiger partial charge in [0.1, 0.15) is 29.0 Å². The molecule has 0 bridgehead atoms. The first-order valence-electron chi connectivity index (χ1n) is 14.1. The van der Waals surface area contributed by atoms with Crippen molar-refractivity contribution in [2.24, 2.45) is 5.16 Å². The van der Waals surface area contributed by atoms with E-state index in [0.717, 1.165) is 11.3 Å². The minimum atomic E-state index is -1.83. The lowest BCUT2D eigenvalue weighted by Gasteiger charge is -2.38. The van der Waals surface area contributed by atoms with E-state index in [4.69, 9.17) is 19.0 Å². The van der Waals surface area contributed by atoms with Gasteiger partial charge in [0, 0.05) is 11.9 Å². The molecule has 0 aliphatic carbocycles. The molecular weight excluding hydrogens is 630 g/mol. The van der Waals surface area contributed by atoms with E-state index in [1.807, 2.05) is 0 Å². The van der Waals surface area contributed by atoms with Gasteiger partial charge in [0.25, 0.3) is 5.91 Å². The van der Waals surface area contributed by atoms with Crippen LogP contribution < -0.4 is 21.3 Å². The number of hydrogen-bond donors (Lipinski definition) is 5. The van der Waals surface area contributed by atoms with Gasteiger partial charge in [-0.2, -0.15) is 0 Å². The molecule has 0 saturated carbocycles. The van der Waals surface area contributed by atoms with Crippen LogP contribution in [0.15, 0.2) is 10.5 Å². The number of cyclic esters (lactones) is 1. The van der Waals surface area contributed by atoms with Crippen molar-refractivity contribution in [1.29, 1.82) is 0 Å². The molecule has 1 aromatic heterocycles. The molecule has 2 saturated heterocycles. The number of carboxylic acid groups (broad SMARTS) is 1. The minimum Gasteiger partial charge on any atom is -0.478 e. The predicted octanol–water partition coefficient (Wildman–Crippen LogP) is 1.40. The number of thiazole rings is 1. The van der Waals surface area contributed by atoms with Crippen LogP contribution in [-0.2, 0) is 33.4 Å². The van der Waals surface area contributed by atoms with E-state index >= 15 is 0 Å². The monoisotopic (exact) mass is 669 g/mol. The van der Waals surface area contributed by atoms with Crippen LogP contribution in [0, 0.1) is 0 Å². The van der Waals surface area contributed by atoms with Crippen LogP contribution in [0.5, 0.6) is 0 Å². The van der Waals surface area contributed by atoms with Crippen LogP contribution in [-0.4, -0.2) is 111 Å². The van der Waals surface area contributed by atoms with Crippen LogP contribution in [0.3, 0.4) is 0 Å². The van der Waals surface area contributed by atoms with Gasteiger partial charge in [0.15, 0.2) is 10.8 Å². The molecule has 0 unspecified atom stereocenters. The van der Waals surface area contributed by atoms with Gasteiger partial charge in [0.2, 0.25) is 11.5 Å². The minimum absolute atomic E-state index is 0.000721. The summed E-state index contributed by atoms with van der Waals surface area (Å²) in [5, 5.41) is 24.7. The first-order chi connectivity index (χ1) is 21.1. The Morgan fingerprint density at radius 1 is 1.09 bits per heavy atom. The number of oxime groups is 1. The Balaban J connectivity index is 1.68. The van der Waals surface area contributed by atoms with Gasteiger partial charge in [-0.15, -0.1) is 11.3 Å². The molecule has 0 aromatic carbocycles. The molecule has 5 N–H and O–H groups in total. The van der Waals surface area contributed by atoms with Crippen molar-refractivity contribution in [2.75, 3.05) is 25.0 Å². The normalized spacial score (nSPS) is 20.1. The number of rotatable bonds is 11. The summed E-state index contributed by atoms with van der Waals surface area (Å²) in [7, 11) is 0. The maximum atomic E-state index is 13.4. The number of carbonyl (C=O) groups is 6. The van der Waals surface area contributed by atoms with E-state index in [9.17, 15) is 33.9 Å². The first kappa shape index (κ1) is 35.8. The highest BCUT2D eigenvalue weighted by Crippen LogP contribution is 2.21. The maximum Gasteiger partial charge on any atom is 0.413 e. The fourth-order valence-electron chi connectivity index (χ4n) is 3.78. The van der Waals surface area contributed by atoms with E-state index in [1.165, 1.54) is 24.1 Å². The molecule has 5 amide bonds. The first-order valence-corrected chi connectivity index (χ1v) is 15.0. The number of β-lactam (4-membered cyclic amide) rings is 1. The van der Waals surface area contributed by atoms with Gasteiger partial charge in [-0.25, -0.2) is 24.2 Å². The van der Waals surface area contributed by atoms with Crippen LogP contribution in [0.2, 0.25) is 0 Å². The van der Waals surface area contributed by atoms with Crippen molar-refractivity contribution in [3.05, 3.63) is 11.1 Å². The highest BCUT2D eigenvalue weighted by atomic mass is 32.1. The second-order valence-corrected chi connectivity index (χ2v) is 13.7. The van der Waals surface area contributed by atoms with Crippen LogP contribution in [0.25, 0.3) is 0 Å². The van der Waals surface area contributed by atoms with E-state index in [1.54, 1.807) is 41.5 Å². The lowest BCUT2D eigenvalue weighted by atomic mass is 9.98. The Morgan fingerprint density at radius 3 is 2.30 bits per heavy atom. The molecule has 254 valence electrons. The quantitative estimate of drug-likeness (QED) is 0.0973. The van der Waals surface area contributed by atoms with Crippen molar-refractivity contribution in [3.8, 4) is 0 Å². The Kier molecular flexibility index (Phi) is 10.7. The van der Waals surface area contributed by atoms with E-state index in [2.05, 4.69) is 31.4 Å². The Bertz CT molecular complexity index is 1400. The Labute approximate surface area is 268 Å². The summed E-state index contributed by atoms with van der Waals surface area (Å²) in [5.41, 5.74) is -3.88. The summed E-state index contributed by atoms with van der Waals surface area (Å²) in [4.78, 5) is 84.6. The molecule has 46 heavy (non-hydrogen) atoms. The number of hydrogen-bond acceptors (Lipinski definition) is 13. The third-order valence-electron chi connectivity index (χ3n) is 5.99. The van der Waals surface area contributed by atoms with E-state index in [0.29, 0.717) is 0 Å². The zero-order chi connectivity index (χ0) is 34.6. The third kappa shape index (κ3) is 10.2. The van der Waals surface area contributed by atoms with Gasteiger partial charge in [0.05, 0.1) is 19.1 Å². The summed E-state index contributed by atoms with van der Waals surface area (Å²) >= 11 is 0.932. The number of alkyl carbamates (subject to hydrolysis) is 1. The lowest BCUT2D eigenvalue weighted by molar-refractivity contribution is -0.161. The maximum absolute atomic E-state index is 13.4. The number of amides is 5. The van der Waals surface area contributed by atoms with Crippen molar-refractivity contribution < 1.29 is 52.9 Å². The third-order valence-corrected chi connectivity index (χ3v) is 6.75. The summed E-state index contributed by atoms with van der Waals surface area (Å²) in [6, 6.07) is -1.84. The summed E-state index contributed by atoms with van der Waals surface area (Å²) in [5.74, 6) is -2.86. The van der Waals surface area contributed by atoms with Gasteiger partial charge in [-0.1, -0.05) is 5.16 Å². The van der Waals surface area contributed by atoms with Crippen molar-refractivity contribution in [1.82, 2.24) is 25.8 Å². The smallest absolute Gasteiger partial charge is 0.413 e. The molecule has 0 radical (unpaired) electrons. The molecule has 19 heteroatoms. The van der Waals surface area contributed by atoms with Gasteiger partial charge in [-0.05, 0) is 55.4 Å². The number of nitrogens with zero attached hydrogens (tertiary/aromatic N) is 3. The second kappa shape index (κ2) is 13.8. The van der Waals surface area contributed by atoms with Crippen molar-refractivity contribution in [2.45, 2.75) is 90.4 Å². The van der Waals surface area contributed by atoms with Crippen LogP contribution >= 0.6 is 11.3 Å². The molecule has 3 atom stereocenters. The van der Waals surface area contributed by atoms with Crippen molar-refractivity contribution in [3.63, 3.8) is 0 Å². The summed E-state index contributed by atoms with van der Waals surface area (Å²) in [6.45, 7) is 12.7. The van der Waals surface area contributed by atoms with Crippen LogP contribution in [0.4, 0.5) is 19.5 Å². The average molecular weight is 670 g/mol. The molecular formula is C27H39N7O11S. The van der Waals surface area contributed by atoms with Crippen LogP contribution in [0.1, 0.15) is 61.1 Å². The van der Waals surface area contributed by atoms with E-state index < -0.39 is 76.8 Å². The summed E-state index contributed by atoms with van der Waals surface area (Å²) in [6.07, 6.45) is -2.82. The zero-order valence-electron chi connectivity index (χ0n) is 26.7. The molecule has 3 rings (SSSR count). The number of anilines is 1. The molecule has 2 aliphatic rings. The Hall–Kier alpha value is -4.68. The fraction of sp³-hybridized carbons (Fsp3) is 0.630. The molecule has 2 aliphatic heterocycles. The topological polar surface area (TPSA) is 236 Å². The standard InChI is InChI=1S/C27H39N7O11S/c1-25(2,3)43-22(39)28-9-13-10-34(24(41)42-13)11-14-16(18(35)29-14)31-19(36)17(33-45-27(7,8)20(37)38)15-12-46-21(30-15)32-23(40)44-26(4,5)6/h12-14,16H,9-11H2,1-8H3,(H,28,39)(H,29,35)(H,31,36)(H,37,38)(H,30,32,40)/t13-,14-,16-/m0/s1. The molecule has 18 nitrogen and oxygen atoms in total.